The van der Waals surface area contributed by atoms with Crippen molar-refractivity contribution < 1.29 is 8.42 Å². The van der Waals surface area contributed by atoms with Gasteiger partial charge in [-0.3, -0.25) is 0 Å². The predicted octanol–water partition coefficient (Wildman–Crippen LogP) is 1.45. The van der Waals surface area contributed by atoms with Crippen molar-refractivity contribution >= 4 is 9.84 Å². The van der Waals surface area contributed by atoms with Gasteiger partial charge in [-0.2, -0.15) is 0 Å². The van der Waals surface area contributed by atoms with Gasteiger partial charge in [-0.15, -0.1) is 0 Å². The molecule has 3 unspecified atom stereocenters. The summed E-state index contributed by atoms with van der Waals surface area (Å²) in [5.74, 6) is 1.67. The van der Waals surface area contributed by atoms with Gasteiger partial charge in [0.25, 0.3) is 0 Å². The van der Waals surface area contributed by atoms with Gasteiger partial charge in [0.05, 0.1) is 11.5 Å². The van der Waals surface area contributed by atoms with Crippen LogP contribution in [0.25, 0.3) is 0 Å². The Morgan fingerprint density at radius 1 is 1.40 bits per heavy atom. The fourth-order valence-corrected chi connectivity index (χ4v) is 4.62. The van der Waals surface area contributed by atoms with Crippen LogP contribution in [-0.2, 0) is 9.84 Å². The van der Waals surface area contributed by atoms with Gasteiger partial charge in [0.2, 0.25) is 0 Å². The predicted molar refractivity (Wildman–Crippen MR) is 63.7 cm³/mol. The van der Waals surface area contributed by atoms with Gasteiger partial charge in [0.15, 0.2) is 9.84 Å². The van der Waals surface area contributed by atoms with Crippen molar-refractivity contribution in [3.8, 4) is 0 Å². The first kappa shape index (κ1) is 13.0. The standard InChI is InChI=1S/C11H23NO2S/c1-4-11(9(3)12-5-2)10-6-7-15(13,14)8-10/h9-12H,4-8H2,1-3H3. The number of hydrogen-bond acceptors (Lipinski definition) is 3. The molecule has 4 heteroatoms. The van der Waals surface area contributed by atoms with Crippen molar-refractivity contribution in [3.63, 3.8) is 0 Å². The van der Waals surface area contributed by atoms with Crippen molar-refractivity contribution in [3.05, 3.63) is 0 Å². The van der Waals surface area contributed by atoms with E-state index in [0.29, 0.717) is 29.4 Å². The molecule has 0 aromatic heterocycles. The third-order valence-electron chi connectivity index (χ3n) is 3.51. The summed E-state index contributed by atoms with van der Waals surface area (Å²) in [6, 6.07) is 0.429. The van der Waals surface area contributed by atoms with Gasteiger partial charge in [-0.05, 0) is 31.7 Å². The van der Waals surface area contributed by atoms with Gasteiger partial charge in [-0.1, -0.05) is 20.3 Å². The summed E-state index contributed by atoms with van der Waals surface area (Å²) < 4.78 is 22.8. The van der Waals surface area contributed by atoms with Crippen molar-refractivity contribution in [2.24, 2.45) is 11.8 Å². The zero-order valence-electron chi connectivity index (χ0n) is 9.99. The summed E-state index contributed by atoms with van der Waals surface area (Å²) in [5.41, 5.74) is 0. The number of nitrogens with one attached hydrogen (secondary N) is 1. The maximum atomic E-state index is 11.4. The minimum atomic E-state index is -2.73. The normalized spacial score (nSPS) is 28.9. The van der Waals surface area contributed by atoms with E-state index in [0.717, 1.165) is 19.4 Å². The lowest BCUT2D eigenvalue weighted by Crippen LogP contribution is -2.37. The number of sulfone groups is 1. The molecule has 0 radical (unpaired) electrons. The van der Waals surface area contributed by atoms with Crippen LogP contribution < -0.4 is 5.32 Å². The SMILES string of the molecule is CCNC(C)C(CC)C1CCS(=O)(=O)C1. The van der Waals surface area contributed by atoms with Crippen LogP contribution in [0.15, 0.2) is 0 Å². The molecule has 1 N–H and O–H groups in total. The van der Waals surface area contributed by atoms with E-state index in [4.69, 9.17) is 0 Å². The van der Waals surface area contributed by atoms with Crippen LogP contribution in [0.2, 0.25) is 0 Å². The van der Waals surface area contributed by atoms with Crippen LogP contribution in [0.3, 0.4) is 0 Å². The van der Waals surface area contributed by atoms with Crippen LogP contribution >= 0.6 is 0 Å². The van der Waals surface area contributed by atoms with Crippen molar-refractivity contribution in [2.45, 2.75) is 39.7 Å². The Hall–Kier alpha value is -0.0900. The Kier molecular flexibility index (Phi) is 4.59. The first-order valence-corrected chi connectivity index (χ1v) is 7.76. The maximum Gasteiger partial charge on any atom is 0.150 e. The fourth-order valence-electron chi connectivity index (χ4n) is 2.73. The van der Waals surface area contributed by atoms with Gasteiger partial charge in [0.1, 0.15) is 0 Å². The molecular weight excluding hydrogens is 210 g/mol. The van der Waals surface area contributed by atoms with Gasteiger partial charge in [-0.25, -0.2) is 8.42 Å². The topological polar surface area (TPSA) is 46.2 Å². The van der Waals surface area contributed by atoms with Crippen LogP contribution in [0.4, 0.5) is 0 Å². The highest BCUT2D eigenvalue weighted by atomic mass is 32.2. The molecule has 15 heavy (non-hydrogen) atoms. The van der Waals surface area contributed by atoms with Gasteiger partial charge < -0.3 is 5.32 Å². The molecule has 1 aliphatic rings. The third-order valence-corrected chi connectivity index (χ3v) is 5.31. The summed E-state index contributed by atoms with van der Waals surface area (Å²) in [6.07, 6.45) is 1.92. The average molecular weight is 233 g/mol. The van der Waals surface area contributed by atoms with Gasteiger partial charge >= 0.3 is 0 Å². The average Bonchev–Trinajstić information content (AvgIpc) is 2.48. The second kappa shape index (κ2) is 5.30. The number of rotatable bonds is 5. The van der Waals surface area contributed by atoms with E-state index < -0.39 is 9.84 Å². The van der Waals surface area contributed by atoms with Crippen molar-refractivity contribution in [1.82, 2.24) is 5.32 Å². The molecule has 90 valence electrons. The molecular formula is C11H23NO2S. The smallest absolute Gasteiger partial charge is 0.150 e. The van der Waals surface area contributed by atoms with Crippen molar-refractivity contribution in [1.29, 1.82) is 0 Å². The molecule has 0 spiro atoms. The highest BCUT2D eigenvalue weighted by Crippen LogP contribution is 2.30. The fraction of sp³-hybridized carbons (Fsp3) is 1.00. The molecule has 0 saturated carbocycles. The van der Waals surface area contributed by atoms with E-state index >= 15 is 0 Å². The van der Waals surface area contributed by atoms with Crippen molar-refractivity contribution in [2.75, 3.05) is 18.1 Å². The van der Waals surface area contributed by atoms with E-state index in [1.165, 1.54) is 0 Å². The third kappa shape index (κ3) is 3.45. The van der Waals surface area contributed by atoms with Crippen LogP contribution in [0.5, 0.6) is 0 Å². The van der Waals surface area contributed by atoms with Crippen LogP contribution in [0, 0.1) is 11.8 Å². The molecule has 0 bridgehead atoms. The van der Waals surface area contributed by atoms with E-state index in [1.54, 1.807) is 0 Å². The molecule has 1 heterocycles. The van der Waals surface area contributed by atoms with Crippen LogP contribution in [-0.4, -0.2) is 32.5 Å². The molecule has 0 aromatic rings. The lowest BCUT2D eigenvalue weighted by atomic mass is 9.84. The van der Waals surface area contributed by atoms with E-state index in [2.05, 4.69) is 26.1 Å². The van der Waals surface area contributed by atoms with Crippen LogP contribution in [0.1, 0.15) is 33.6 Å². The molecule has 0 amide bonds. The molecule has 0 aromatic carbocycles. The molecule has 1 saturated heterocycles. The van der Waals surface area contributed by atoms with E-state index in [-0.39, 0.29) is 0 Å². The first-order chi connectivity index (χ1) is 7.00. The first-order valence-electron chi connectivity index (χ1n) is 5.94. The minimum absolute atomic E-state index is 0.369. The summed E-state index contributed by atoms with van der Waals surface area (Å²) in [6.45, 7) is 7.37. The molecule has 3 nitrogen and oxygen atoms in total. The molecule has 1 fully saturated rings. The molecule has 1 aliphatic heterocycles. The Labute approximate surface area is 93.6 Å². The lowest BCUT2D eigenvalue weighted by molar-refractivity contribution is 0.273. The quantitative estimate of drug-likeness (QED) is 0.781. The second-order valence-corrected chi connectivity index (χ2v) is 6.81. The summed E-state index contributed by atoms with van der Waals surface area (Å²) in [5, 5.41) is 3.41. The van der Waals surface area contributed by atoms with E-state index in [9.17, 15) is 8.42 Å². The number of hydrogen-bond donors (Lipinski definition) is 1. The lowest BCUT2D eigenvalue weighted by Gasteiger charge is -2.28. The largest absolute Gasteiger partial charge is 0.314 e. The Bertz CT molecular complexity index is 287. The zero-order valence-corrected chi connectivity index (χ0v) is 10.8. The van der Waals surface area contributed by atoms with E-state index in [1.807, 2.05) is 0 Å². The highest BCUT2D eigenvalue weighted by molar-refractivity contribution is 7.91. The Morgan fingerprint density at radius 3 is 2.47 bits per heavy atom. The molecule has 3 atom stereocenters. The zero-order chi connectivity index (χ0) is 11.5. The van der Waals surface area contributed by atoms with Gasteiger partial charge in [0, 0.05) is 6.04 Å². The monoisotopic (exact) mass is 233 g/mol. The maximum absolute atomic E-state index is 11.4. The second-order valence-electron chi connectivity index (χ2n) is 4.58. The summed E-state index contributed by atoms with van der Waals surface area (Å²) in [4.78, 5) is 0. The molecule has 1 rings (SSSR count). The highest BCUT2D eigenvalue weighted by Gasteiger charge is 2.34. The summed E-state index contributed by atoms with van der Waals surface area (Å²) >= 11 is 0. The summed E-state index contributed by atoms with van der Waals surface area (Å²) in [7, 11) is -2.73. The Morgan fingerprint density at radius 2 is 2.07 bits per heavy atom. The molecule has 0 aliphatic carbocycles. The minimum Gasteiger partial charge on any atom is -0.314 e. The Balaban J connectivity index is 2.60.